The first-order chi connectivity index (χ1) is 14.2. The van der Waals surface area contributed by atoms with Gasteiger partial charge in [0.15, 0.2) is 6.61 Å². The van der Waals surface area contributed by atoms with Gasteiger partial charge in [0.05, 0.1) is 0 Å². The van der Waals surface area contributed by atoms with Crippen molar-refractivity contribution in [1.82, 2.24) is 10.2 Å². The van der Waals surface area contributed by atoms with Crippen LogP contribution in [0.25, 0.3) is 17.5 Å². The second-order valence-corrected chi connectivity index (χ2v) is 6.55. The minimum Gasteiger partial charge on any atom is -0.452 e. The van der Waals surface area contributed by atoms with Crippen molar-refractivity contribution >= 4 is 23.6 Å². The summed E-state index contributed by atoms with van der Waals surface area (Å²) in [4.78, 5) is 25.5. The highest BCUT2D eigenvalue weighted by Crippen LogP contribution is 2.22. The molecule has 2 heterocycles. The number of nitrogens with zero attached hydrogens (tertiary/aromatic N) is 3. The number of ether oxygens (including phenoxy) is 1. The molecular weight excluding hydrogens is 370 g/mol. The second kappa shape index (κ2) is 8.52. The zero-order valence-corrected chi connectivity index (χ0v) is 15.7. The van der Waals surface area contributed by atoms with Crippen LogP contribution in [0.5, 0.6) is 0 Å². The van der Waals surface area contributed by atoms with Gasteiger partial charge in [-0.15, -0.1) is 10.2 Å². The van der Waals surface area contributed by atoms with Crippen molar-refractivity contribution in [2.75, 3.05) is 11.4 Å². The van der Waals surface area contributed by atoms with Gasteiger partial charge in [-0.2, -0.15) is 0 Å². The lowest BCUT2D eigenvalue weighted by Gasteiger charge is -2.15. The molecule has 1 amide bonds. The molecule has 7 heteroatoms. The predicted octanol–water partition coefficient (Wildman–Crippen LogP) is 3.62. The molecule has 1 aliphatic rings. The van der Waals surface area contributed by atoms with Crippen LogP contribution in [0.15, 0.2) is 65.1 Å². The Bertz CT molecular complexity index is 1030. The van der Waals surface area contributed by atoms with Crippen LogP contribution in [0.2, 0.25) is 0 Å². The van der Waals surface area contributed by atoms with Crippen molar-refractivity contribution in [3.05, 3.63) is 72.1 Å². The fourth-order valence-electron chi connectivity index (χ4n) is 3.04. The summed E-state index contributed by atoms with van der Waals surface area (Å²) in [6.45, 7) is 0.654. The molecule has 0 aliphatic carbocycles. The van der Waals surface area contributed by atoms with Crippen molar-refractivity contribution < 1.29 is 18.7 Å². The van der Waals surface area contributed by atoms with E-state index in [4.69, 9.17) is 9.15 Å². The average Bonchev–Trinajstić information content (AvgIpc) is 3.41. The number of hydrogen-bond acceptors (Lipinski definition) is 6. The molecule has 0 N–H and O–H groups in total. The van der Waals surface area contributed by atoms with E-state index in [2.05, 4.69) is 10.2 Å². The quantitative estimate of drug-likeness (QED) is 0.473. The highest BCUT2D eigenvalue weighted by Gasteiger charge is 2.21. The highest BCUT2D eigenvalue weighted by molar-refractivity contribution is 5.95. The first-order valence-corrected chi connectivity index (χ1v) is 9.32. The van der Waals surface area contributed by atoms with E-state index >= 15 is 0 Å². The van der Waals surface area contributed by atoms with E-state index in [0.717, 1.165) is 29.8 Å². The lowest BCUT2D eigenvalue weighted by molar-refractivity contribution is -0.139. The zero-order valence-electron chi connectivity index (χ0n) is 15.7. The van der Waals surface area contributed by atoms with Crippen LogP contribution in [0.1, 0.15) is 24.3 Å². The molecule has 0 unspecified atom stereocenters. The molecule has 1 aromatic heterocycles. The maximum Gasteiger partial charge on any atom is 0.331 e. The van der Waals surface area contributed by atoms with E-state index in [1.54, 1.807) is 11.0 Å². The second-order valence-electron chi connectivity index (χ2n) is 6.55. The van der Waals surface area contributed by atoms with Gasteiger partial charge in [-0.3, -0.25) is 4.79 Å². The monoisotopic (exact) mass is 389 g/mol. The van der Waals surface area contributed by atoms with Crippen LogP contribution in [0, 0.1) is 0 Å². The minimum atomic E-state index is -0.511. The van der Waals surface area contributed by atoms with Crippen molar-refractivity contribution in [2.45, 2.75) is 19.4 Å². The van der Waals surface area contributed by atoms with Crippen molar-refractivity contribution in [3.63, 3.8) is 0 Å². The van der Waals surface area contributed by atoms with Gasteiger partial charge in [-0.05, 0) is 42.3 Å². The molecule has 7 nitrogen and oxygen atoms in total. The van der Waals surface area contributed by atoms with Crippen LogP contribution in [-0.4, -0.2) is 28.6 Å². The number of carbonyl (C=O) groups is 2. The van der Waals surface area contributed by atoms with Gasteiger partial charge in [-0.25, -0.2) is 4.79 Å². The molecule has 146 valence electrons. The lowest BCUT2D eigenvalue weighted by atomic mass is 10.2. The maximum atomic E-state index is 11.9. The molecule has 0 radical (unpaired) electrons. The number of hydrogen-bond donors (Lipinski definition) is 0. The van der Waals surface area contributed by atoms with Crippen molar-refractivity contribution in [2.24, 2.45) is 0 Å². The number of aromatic nitrogens is 2. The number of benzene rings is 2. The molecule has 0 atom stereocenters. The average molecular weight is 389 g/mol. The normalized spacial score (nSPS) is 13.9. The minimum absolute atomic E-state index is 0.0982. The topological polar surface area (TPSA) is 85.5 Å². The Morgan fingerprint density at radius 1 is 1.10 bits per heavy atom. The van der Waals surface area contributed by atoms with Crippen LogP contribution < -0.4 is 4.90 Å². The Hall–Kier alpha value is -3.74. The van der Waals surface area contributed by atoms with E-state index in [0.29, 0.717) is 12.3 Å². The predicted molar refractivity (Wildman–Crippen MR) is 107 cm³/mol. The van der Waals surface area contributed by atoms with E-state index < -0.39 is 5.97 Å². The van der Waals surface area contributed by atoms with Crippen molar-refractivity contribution in [3.8, 4) is 11.5 Å². The van der Waals surface area contributed by atoms with Crippen LogP contribution in [0.3, 0.4) is 0 Å². The molecule has 3 aromatic rings. The third-order valence-corrected chi connectivity index (χ3v) is 4.52. The Kier molecular flexibility index (Phi) is 5.47. The molecule has 0 saturated carbocycles. The lowest BCUT2D eigenvalue weighted by Crippen LogP contribution is -2.23. The summed E-state index contributed by atoms with van der Waals surface area (Å²) in [5.41, 5.74) is 2.51. The number of anilines is 1. The Morgan fingerprint density at radius 3 is 2.62 bits per heavy atom. The Labute approximate surface area is 167 Å². The van der Waals surface area contributed by atoms with E-state index in [1.165, 1.54) is 6.08 Å². The number of esters is 1. The van der Waals surface area contributed by atoms with Gasteiger partial charge in [0, 0.05) is 30.3 Å². The molecule has 1 saturated heterocycles. The highest BCUT2D eigenvalue weighted by atomic mass is 16.5. The first kappa shape index (κ1) is 18.6. The van der Waals surface area contributed by atoms with E-state index in [9.17, 15) is 9.59 Å². The summed E-state index contributed by atoms with van der Waals surface area (Å²) in [5, 5.41) is 7.84. The van der Waals surface area contributed by atoms with Gasteiger partial charge >= 0.3 is 5.97 Å². The van der Waals surface area contributed by atoms with Gasteiger partial charge in [0.2, 0.25) is 11.8 Å². The van der Waals surface area contributed by atoms with Crippen LogP contribution in [-0.2, 0) is 20.9 Å². The van der Waals surface area contributed by atoms with Crippen LogP contribution in [0.4, 0.5) is 5.69 Å². The first-order valence-electron chi connectivity index (χ1n) is 9.32. The third kappa shape index (κ3) is 4.57. The maximum absolute atomic E-state index is 11.9. The molecular formula is C22H19N3O4. The molecule has 4 rings (SSSR count). The van der Waals surface area contributed by atoms with Crippen LogP contribution >= 0.6 is 0 Å². The standard InChI is InChI=1S/C22H19N3O4/c26-20-7-4-14-25(20)18-11-8-16(9-12-18)10-13-21(27)28-15-19-23-24-22(29-19)17-5-2-1-3-6-17/h1-3,5-6,8-13H,4,7,14-15H2/b13-10+. The van der Waals surface area contributed by atoms with Gasteiger partial charge < -0.3 is 14.1 Å². The van der Waals surface area contributed by atoms with Gasteiger partial charge in [0.1, 0.15) is 0 Å². The molecule has 0 spiro atoms. The summed E-state index contributed by atoms with van der Waals surface area (Å²) in [5.74, 6) is 0.241. The Morgan fingerprint density at radius 2 is 1.90 bits per heavy atom. The summed E-state index contributed by atoms with van der Waals surface area (Å²) in [6.07, 6.45) is 4.48. The Balaban J connectivity index is 1.30. The fourth-order valence-corrected chi connectivity index (χ4v) is 3.04. The summed E-state index contributed by atoms with van der Waals surface area (Å²) < 4.78 is 10.6. The van der Waals surface area contributed by atoms with Crippen molar-refractivity contribution in [1.29, 1.82) is 0 Å². The summed E-state index contributed by atoms with van der Waals surface area (Å²) in [6, 6.07) is 16.8. The fraction of sp³-hybridized carbons (Fsp3) is 0.182. The summed E-state index contributed by atoms with van der Waals surface area (Å²) in [7, 11) is 0. The zero-order chi connectivity index (χ0) is 20.1. The molecule has 1 fully saturated rings. The SMILES string of the molecule is O=C(/C=C/c1ccc(N2CCCC2=O)cc1)OCc1nnc(-c2ccccc2)o1. The van der Waals surface area contributed by atoms with Gasteiger partial charge in [-0.1, -0.05) is 30.3 Å². The largest absolute Gasteiger partial charge is 0.452 e. The number of carbonyl (C=O) groups excluding carboxylic acids is 2. The number of amides is 1. The number of rotatable bonds is 6. The molecule has 29 heavy (non-hydrogen) atoms. The van der Waals surface area contributed by atoms with E-state index in [1.807, 2.05) is 54.6 Å². The molecule has 2 aromatic carbocycles. The third-order valence-electron chi connectivity index (χ3n) is 4.52. The molecule has 0 bridgehead atoms. The molecule has 1 aliphatic heterocycles. The van der Waals surface area contributed by atoms with Gasteiger partial charge in [0.25, 0.3) is 5.89 Å². The summed E-state index contributed by atoms with van der Waals surface area (Å²) >= 11 is 0. The smallest absolute Gasteiger partial charge is 0.331 e. The van der Waals surface area contributed by atoms with E-state index in [-0.39, 0.29) is 18.4 Å².